The molecule has 5 heteroatoms. The van der Waals surface area contributed by atoms with Crippen molar-refractivity contribution in [1.82, 2.24) is 10.2 Å². The lowest BCUT2D eigenvalue weighted by atomic mass is 9.79. The standard InChI is InChI=1S/C16H32N2O2S/c1-14-12-17-16(8-6-5-7-9-16)13-18(14)10-11-21(19,20)15(2,3)4/h14,17H,5-13H2,1-4H3. The smallest absolute Gasteiger partial charge is 0.156 e. The van der Waals surface area contributed by atoms with Crippen molar-refractivity contribution in [3.63, 3.8) is 0 Å². The van der Waals surface area contributed by atoms with Gasteiger partial charge in [0.25, 0.3) is 0 Å². The second kappa shape index (κ2) is 6.17. The summed E-state index contributed by atoms with van der Waals surface area (Å²) in [6, 6.07) is 0.424. The molecule has 0 radical (unpaired) electrons. The van der Waals surface area contributed by atoms with E-state index in [0.717, 1.165) is 13.1 Å². The molecule has 4 nitrogen and oxygen atoms in total. The zero-order chi connectivity index (χ0) is 15.7. The van der Waals surface area contributed by atoms with Crippen LogP contribution in [0, 0.1) is 0 Å². The van der Waals surface area contributed by atoms with Crippen LogP contribution in [0.25, 0.3) is 0 Å². The first-order valence-electron chi connectivity index (χ1n) is 8.37. The van der Waals surface area contributed by atoms with E-state index in [1.807, 2.05) is 0 Å². The fourth-order valence-electron chi connectivity index (χ4n) is 3.50. The Balaban J connectivity index is 1.98. The lowest BCUT2D eigenvalue weighted by molar-refractivity contribution is 0.0675. The lowest BCUT2D eigenvalue weighted by Crippen LogP contribution is -2.64. The molecule has 1 aliphatic heterocycles. The predicted octanol–water partition coefficient (Wildman–Crippen LogP) is 2.20. The van der Waals surface area contributed by atoms with Crippen LogP contribution < -0.4 is 5.32 Å². The van der Waals surface area contributed by atoms with Gasteiger partial charge >= 0.3 is 0 Å². The van der Waals surface area contributed by atoms with Gasteiger partial charge in [-0.2, -0.15) is 0 Å². The summed E-state index contributed by atoms with van der Waals surface area (Å²) < 4.78 is 24.0. The molecule has 1 saturated heterocycles. The number of rotatable bonds is 3. The van der Waals surface area contributed by atoms with Gasteiger partial charge in [0.1, 0.15) is 0 Å². The highest BCUT2D eigenvalue weighted by molar-refractivity contribution is 7.92. The number of hydrogen-bond acceptors (Lipinski definition) is 4. The molecule has 0 aromatic heterocycles. The van der Waals surface area contributed by atoms with E-state index in [0.29, 0.717) is 12.6 Å². The third kappa shape index (κ3) is 3.99. The average molecular weight is 317 g/mol. The van der Waals surface area contributed by atoms with Crippen LogP contribution in [0.4, 0.5) is 0 Å². The van der Waals surface area contributed by atoms with Crippen LogP contribution in [-0.2, 0) is 9.84 Å². The second-order valence-corrected chi connectivity index (χ2v) is 10.8. The van der Waals surface area contributed by atoms with Gasteiger partial charge in [0.05, 0.1) is 10.5 Å². The first-order chi connectivity index (χ1) is 9.65. The van der Waals surface area contributed by atoms with Gasteiger partial charge in [0, 0.05) is 31.2 Å². The van der Waals surface area contributed by atoms with Crippen molar-refractivity contribution < 1.29 is 8.42 Å². The van der Waals surface area contributed by atoms with Gasteiger partial charge in [0.15, 0.2) is 9.84 Å². The highest BCUT2D eigenvalue weighted by atomic mass is 32.2. The van der Waals surface area contributed by atoms with Crippen molar-refractivity contribution >= 4 is 9.84 Å². The number of piperazine rings is 1. The SMILES string of the molecule is CC1CNC2(CCCCC2)CN1CCS(=O)(=O)C(C)(C)C. The molecular formula is C16H32N2O2S. The number of nitrogens with zero attached hydrogens (tertiary/aromatic N) is 1. The van der Waals surface area contributed by atoms with Crippen LogP contribution in [0.2, 0.25) is 0 Å². The van der Waals surface area contributed by atoms with Crippen molar-refractivity contribution in [2.24, 2.45) is 0 Å². The maximum absolute atomic E-state index is 12.3. The molecule has 1 atom stereocenters. The monoisotopic (exact) mass is 316 g/mol. The first-order valence-corrected chi connectivity index (χ1v) is 10.0. The van der Waals surface area contributed by atoms with Gasteiger partial charge in [0.2, 0.25) is 0 Å². The summed E-state index contributed by atoms with van der Waals surface area (Å²) in [5.41, 5.74) is 0.246. The van der Waals surface area contributed by atoms with Crippen LogP contribution >= 0.6 is 0 Å². The summed E-state index contributed by atoms with van der Waals surface area (Å²) >= 11 is 0. The topological polar surface area (TPSA) is 49.4 Å². The van der Waals surface area contributed by atoms with Gasteiger partial charge in [-0.1, -0.05) is 19.3 Å². The fourth-order valence-corrected chi connectivity index (χ4v) is 4.59. The minimum Gasteiger partial charge on any atom is -0.308 e. The molecule has 2 fully saturated rings. The highest BCUT2D eigenvalue weighted by Gasteiger charge is 2.39. The maximum Gasteiger partial charge on any atom is 0.156 e. The Kier molecular flexibility index (Phi) is 5.06. The van der Waals surface area contributed by atoms with E-state index in [4.69, 9.17) is 0 Å². The molecule has 1 spiro atoms. The maximum atomic E-state index is 12.3. The Hall–Kier alpha value is -0.130. The van der Waals surface area contributed by atoms with Gasteiger partial charge in [-0.15, -0.1) is 0 Å². The largest absolute Gasteiger partial charge is 0.308 e. The van der Waals surface area contributed by atoms with Crippen molar-refractivity contribution in [2.45, 2.75) is 76.1 Å². The van der Waals surface area contributed by atoms with Gasteiger partial charge in [-0.25, -0.2) is 8.42 Å². The number of hydrogen-bond donors (Lipinski definition) is 1. The Morgan fingerprint density at radius 3 is 2.38 bits per heavy atom. The summed E-state index contributed by atoms with van der Waals surface area (Å²) in [7, 11) is -3.02. The van der Waals surface area contributed by atoms with Gasteiger partial charge < -0.3 is 5.32 Å². The summed E-state index contributed by atoms with van der Waals surface area (Å²) in [5, 5.41) is 3.75. The van der Waals surface area contributed by atoms with Gasteiger partial charge in [-0.05, 0) is 40.5 Å². The zero-order valence-corrected chi connectivity index (χ0v) is 14.9. The normalized spacial score (nSPS) is 27.9. The van der Waals surface area contributed by atoms with Crippen molar-refractivity contribution in [3.05, 3.63) is 0 Å². The fraction of sp³-hybridized carbons (Fsp3) is 1.00. The first kappa shape index (κ1) is 17.2. The molecule has 0 aromatic carbocycles. The lowest BCUT2D eigenvalue weighted by Gasteiger charge is -2.49. The molecule has 1 saturated carbocycles. The summed E-state index contributed by atoms with van der Waals surface area (Å²) in [5.74, 6) is 0.275. The van der Waals surface area contributed by atoms with Crippen LogP contribution in [0.5, 0.6) is 0 Å². The van der Waals surface area contributed by atoms with E-state index in [2.05, 4.69) is 17.1 Å². The van der Waals surface area contributed by atoms with E-state index in [1.165, 1.54) is 32.1 Å². The van der Waals surface area contributed by atoms with Crippen molar-refractivity contribution in [1.29, 1.82) is 0 Å². The Morgan fingerprint density at radius 2 is 1.81 bits per heavy atom. The molecular weight excluding hydrogens is 284 g/mol. The molecule has 1 N–H and O–H groups in total. The molecule has 0 aromatic rings. The molecule has 0 bridgehead atoms. The van der Waals surface area contributed by atoms with E-state index in [1.54, 1.807) is 20.8 Å². The molecule has 1 heterocycles. The minimum absolute atomic E-state index is 0.246. The van der Waals surface area contributed by atoms with Crippen LogP contribution in [0.3, 0.4) is 0 Å². The van der Waals surface area contributed by atoms with Crippen LogP contribution in [-0.4, -0.2) is 55.0 Å². The van der Waals surface area contributed by atoms with E-state index in [-0.39, 0.29) is 11.3 Å². The van der Waals surface area contributed by atoms with E-state index in [9.17, 15) is 8.42 Å². The summed E-state index contributed by atoms with van der Waals surface area (Å²) in [6.07, 6.45) is 6.42. The zero-order valence-electron chi connectivity index (χ0n) is 14.1. The van der Waals surface area contributed by atoms with E-state index >= 15 is 0 Å². The van der Waals surface area contributed by atoms with E-state index < -0.39 is 14.6 Å². The molecule has 21 heavy (non-hydrogen) atoms. The highest BCUT2D eigenvalue weighted by Crippen LogP contribution is 2.31. The molecule has 2 aliphatic rings. The Morgan fingerprint density at radius 1 is 1.19 bits per heavy atom. The summed E-state index contributed by atoms with van der Waals surface area (Å²) in [4.78, 5) is 2.39. The Bertz CT molecular complexity index is 447. The molecule has 2 rings (SSSR count). The minimum atomic E-state index is -3.02. The summed E-state index contributed by atoms with van der Waals surface area (Å²) in [6.45, 7) is 10.3. The quantitative estimate of drug-likeness (QED) is 0.867. The third-order valence-electron chi connectivity index (χ3n) is 5.29. The van der Waals surface area contributed by atoms with Crippen LogP contribution in [0.15, 0.2) is 0 Å². The number of sulfone groups is 1. The van der Waals surface area contributed by atoms with Crippen molar-refractivity contribution in [2.75, 3.05) is 25.4 Å². The van der Waals surface area contributed by atoms with Gasteiger partial charge in [-0.3, -0.25) is 4.90 Å². The number of nitrogens with one attached hydrogen (secondary N) is 1. The van der Waals surface area contributed by atoms with Crippen LogP contribution in [0.1, 0.15) is 59.8 Å². The molecule has 1 aliphatic carbocycles. The molecule has 1 unspecified atom stereocenters. The average Bonchev–Trinajstić information content (AvgIpc) is 2.40. The molecule has 124 valence electrons. The Labute approximate surface area is 130 Å². The van der Waals surface area contributed by atoms with Crippen molar-refractivity contribution in [3.8, 4) is 0 Å². The molecule has 0 amide bonds. The predicted molar refractivity (Wildman–Crippen MR) is 88.4 cm³/mol. The third-order valence-corrected chi connectivity index (χ3v) is 7.88. The second-order valence-electron chi connectivity index (χ2n) is 7.97.